The van der Waals surface area contributed by atoms with Gasteiger partial charge in [-0.05, 0) is 44.5 Å². The summed E-state index contributed by atoms with van der Waals surface area (Å²) in [5.74, 6) is -2.29. The Labute approximate surface area is 230 Å². The number of amides is 5. The van der Waals surface area contributed by atoms with Crippen LogP contribution in [0.1, 0.15) is 31.7 Å². The molecule has 0 aromatic heterocycles. The second-order valence-corrected chi connectivity index (χ2v) is 9.20. The smallest absolute Gasteiger partial charge is 0.242 e. The molecule has 13 heteroatoms. The molecular formula is C26H44N8O5. The lowest BCUT2D eigenvalue weighted by molar-refractivity contribution is -0.146. The highest BCUT2D eigenvalue weighted by molar-refractivity contribution is 5.91. The van der Waals surface area contributed by atoms with Crippen LogP contribution in [0.25, 0.3) is 0 Å². The van der Waals surface area contributed by atoms with Crippen LogP contribution < -0.4 is 22.9 Å². The maximum Gasteiger partial charge on any atom is 0.242 e. The lowest BCUT2D eigenvalue weighted by Crippen LogP contribution is -2.50. The van der Waals surface area contributed by atoms with E-state index in [0.717, 1.165) is 5.56 Å². The van der Waals surface area contributed by atoms with Gasteiger partial charge in [0.1, 0.15) is 6.54 Å². The molecule has 218 valence electrons. The van der Waals surface area contributed by atoms with Crippen molar-refractivity contribution < 1.29 is 24.0 Å². The summed E-state index contributed by atoms with van der Waals surface area (Å²) in [6.45, 7) is 2.10. The van der Waals surface area contributed by atoms with E-state index in [1.807, 2.05) is 30.3 Å². The number of nitrogens with zero attached hydrogens (tertiary/aromatic N) is 4. The summed E-state index contributed by atoms with van der Waals surface area (Å²) < 4.78 is 0. The van der Waals surface area contributed by atoms with E-state index in [9.17, 15) is 24.0 Å². The van der Waals surface area contributed by atoms with Crippen molar-refractivity contribution in [1.82, 2.24) is 19.6 Å². The van der Waals surface area contributed by atoms with Crippen LogP contribution in [0, 0.1) is 0 Å². The minimum atomic E-state index is -0.676. The average Bonchev–Trinajstić information content (AvgIpc) is 2.90. The van der Waals surface area contributed by atoms with Gasteiger partial charge in [-0.3, -0.25) is 24.0 Å². The highest BCUT2D eigenvalue weighted by Gasteiger charge is 2.26. The van der Waals surface area contributed by atoms with E-state index >= 15 is 0 Å². The molecule has 0 saturated carbocycles. The molecule has 5 amide bonds. The number of carbonyl (C=O) groups is 5. The molecule has 0 fully saturated rings. The Morgan fingerprint density at radius 2 is 1.03 bits per heavy atom. The van der Waals surface area contributed by atoms with Gasteiger partial charge in [-0.1, -0.05) is 30.3 Å². The molecule has 0 heterocycles. The van der Waals surface area contributed by atoms with Gasteiger partial charge in [0, 0.05) is 33.1 Å². The van der Waals surface area contributed by atoms with Crippen LogP contribution in [0.4, 0.5) is 0 Å². The predicted molar refractivity (Wildman–Crippen MR) is 147 cm³/mol. The first-order valence-electron chi connectivity index (χ1n) is 13.1. The zero-order valence-electron chi connectivity index (χ0n) is 22.9. The molecule has 0 atom stereocenters. The third-order valence-electron chi connectivity index (χ3n) is 5.94. The first-order chi connectivity index (χ1) is 18.6. The zero-order chi connectivity index (χ0) is 29.2. The zero-order valence-corrected chi connectivity index (χ0v) is 22.9. The van der Waals surface area contributed by atoms with Crippen LogP contribution >= 0.6 is 0 Å². The maximum absolute atomic E-state index is 13.5. The third-order valence-corrected chi connectivity index (χ3v) is 5.94. The number of nitrogens with two attached hydrogens (primary N) is 4. The lowest BCUT2D eigenvalue weighted by atomic mass is 10.2. The van der Waals surface area contributed by atoms with E-state index in [-0.39, 0.29) is 58.3 Å². The topological polar surface area (TPSA) is 202 Å². The predicted octanol–water partition coefficient (Wildman–Crippen LogP) is -1.95. The molecule has 0 radical (unpaired) electrons. The Balaban J connectivity index is 3.13. The van der Waals surface area contributed by atoms with Gasteiger partial charge in [-0.15, -0.1) is 0 Å². The molecule has 0 unspecified atom stereocenters. The van der Waals surface area contributed by atoms with Gasteiger partial charge in [-0.2, -0.15) is 0 Å². The Morgan fingerprint density at radius 1 is 0.615 bits per heavy atom. The van der Waals surface area contributed by atoms with Crippen molar-refractivity contribution in [3.8, 4) is 0 Å². The summed E-state index contributed by atoms with van der Waals surface area (Å²) in [7, 11) is 0. The molecule has 0 aliphatic heterocycles. The van der Waals surface area contributed by atoms with Gasteiger partial charge in [0.2, 0.25) is 29.5 Å². The number of benzene rings is 1. The van der Waals surface area contributed by atoms with Crippen LogP contribution in [0.3, 0.4) is 0 Å². The summed E-state index contributed by atoms with van der Waals surface area (Å²) in [4.78, 5) is 68.7. The fraction of sp³-hybridized carbons (Fsp3) is 0.577. The van der Waals surface area contributed by atoms with Crippen molar-refractivity contribution in [3.05, 3.63) is 35.9 Å². The van der Waals surface area contributed by atoms with Crippen LogP contribution in [-0.2, 0) is 30.5 Å². The molecule has 0 aliphatic rings. The second-order valence-electron chi connectivity index (χ2n) is 9.20. The monoisotopic (exact) mass is 548 g/mol. The molecule has 1 aromatic rings. The van der Waals surface area contributed by atoms with Gasteiger partial charge in [0.25, 0.3) is 0 Å². The van der Waals surface area contributed by atoms with Crippen molar-refractivity contribution in [1.29, 1.82) is 0 Å². The van der Waals surface area contributed by atoms with Gasteiger partial charge < -0.3 is 42.5 Å². The molecule has 0 saturated heterocycles. The molecule has 0 aliphatic carbocycles. The van der Waals surface area contributed by atoms with E-state index in [0.29, 0.717) is 38.9 Å². The summed E-state index contributed by atoms with van der Waals surface area (Å²) >= 11 is 0. The molecular weight excluding hydrogens is 504 g/mol. The summed E-state index contributed by atoms with van der Waals surface area (Å²) in [5.41, 5.74) is 22.9. The molecule has 1 rings (SSSR count). The normalized spacial score (nSPS) is 10.6. The number of hydrogen-bond donors (Lipinski definition) is 4. The second kappa shape index (κ2) is 18.7. The summed E-state index contributed by atoms with van der Waals surface area (Å²) in [6, 6.07) is 9.15. The largest absolute Gasteiger partial charge is 0.368 e. The van der Waals surface area contributed by atoms with Gasteiger partial charge in [0.05, 0.1) is 19.6 Å². The minimum Gasteiger partial charge on any atom is -0.368 e. The van der Waals surface area contributed by atoms with Crippen LogP contribution in [0.5, 0.6) is 0 Å². The van der Waals surface area contributed by atoms with Gasteiger partial charge in [-0.25, -0.2) is 0 Å². The lowest BCUT2D eigenvalue weighted by Gasteiger charge is -2.31. The number of rotatable bonds is 19. The average molecular weight is 549 g/mol. The minimum absolute atomic E-state index is 0.136. The SMILES string of the molecule is CC(=O)N(CCCN)CC(=O)N(CC(=O)N(CCCN)CC(=O)N(CCCN)CC(N)=O)Cc1ccccc1. The van der Waals surface area contributed by atoms with Gasteiger partial charge in [0.15, 0.2) is 0 Å². The van der Waals surface area contributed by atoms with E-state index in [2.05, 4.69) is 0 Å². The van der Waals surface area contributed by atoms with E-state index in [1.54, 1.807) is 0 Å². The van der Waals surface area contributed by atoms with Gasteiger partial charge >= 0.3 is 0 Å². The third kappa shape index (κ3) is 13.2. The number of carbonyl (C=O) groups excluding carboxylic acids is 5. The van der Waals surface area contributed by atoms with E-state index in [4.69, 9.17) is 22.9 Å². The Bertz CT molecular complexity index is 930. The summed E-state index contributed by atoms with van der Waals surface area (Å²) in [5, 5.41) is 0. The van der Waals surface area contributed by atoms with E-state index < -0.39 is 23.6 Å². The fourth-order valence-corrected chi connectivity index (χ4v) is 3.79. The summed E-state index contributed by atoms with van der Waals surface area (Å²) in [6.07, 6.45) is 1.43. The van der Waals surface area contributed by atoms with Crippen molar-refractivity contribution >= 4 is 29.5 Å². The first kappa shape index (κ1) is 33.5. The molecule has 0 spiro atoms. The molecule has 1 aromatic carbocycles. The van der Waals surface area contributed by atoms with Crippen molar-refractivity contribution in [2.75, 3.05) is 65.4 Å². The Hall–Kier alpha value is -3.55. The van der Waals surface area contributed by atoms with Crippen LogP contribution in [-0.4, -0.2) is 115 Å². The maximum atomic E-state index is 13.5. The molecule has 8 N–H and O–H groups in total. The standard InChI is InChI=1S/C26H44N8O5/c1-21(35)31(13-5-10-27)18-26(39)34(16-22-8-3-2-4-9-22)20-25(38)33(15-7-12-29)19-24(37)32(14-6-11-28)17-23(30)36/h2-4,8-9H,5-7,10-20,27-29H2,1H3,(H2,30,36). The Morgan fingerprint density at radius 3 is 1.49 bits per heavy atom. The Kier molecular flexibility index (Phi) is 16.0. The molecule has 39 heavy (non-hydrogen) atoms. The fourth-order valence-electron chi connectivity index (χ4n) is 3.79. The number of primary amides is 1. The first-order valence-corrected chi connectivity index (χ1v) is 13.1. The van der Waals surface area contributed by atoms with Crippen LogP contribution in [0.15, 0.2) is 30.3 Å². The number of hydrogen-bond acceptors (Lipinski definition) is 8. The highest BCUT2D eigenvalue weighted by Crippen LogP contribution is 2.08. The van der Waals surface area contributed by atoms with Crippen molar-refractivity contribution in [2.24, 2.45) is 22.9 Å². The molecule has 0 bridgehead atoms. The van der Waals surface area contributed by atoms with Crippen molar-refractivity contribution in [3.63, 3.8) is 0 Å². The van der Waals surface area contributed by atoms with E-state index in [1.165, 1.54) is 26.5 Å². The molecule has 13 nitrogen and oxygen atoms in total. The highest BCUT2D eigenvalue weighted by atomic mass is 16.2. The van der Waals surface area contributed by atoms with Crippen molar-refractivity contribution in [2.45, 2.75) is 32.7 Å². The quantitative estimate of drug-likeness (QED) is 0.153. The van der Waals surface area contributed by atoms with Crippen LogP contribution in [0.2, 0.25) is 0 Å².